The van der Waals surface area contributed by atoms with E-state index >= 15 is 0 Å². The lowest BCUT2D eigenvalue weighted by atomic mass is 10.2. The number of aromatic nitrogens is 5. The Balaban J connectivity index is 1.52. The Morgan fingerprint density at radius 2 is 2.07 bits per heavy atom. The molecule has 4 aromatic rings. The van der Waals surface area contributed by atoms with Crippen LogP contribution in [0.1, 0.15) is 27.4 Å². The zero-order chi connectivity index (χ0) is 21.3. The second-order valence-corrected chi connectivity index (χ2v) is 7.78. The number of nitrogens with one attached hydrogen (secondary N) is 1. The molecule has 0 aliphatic rings. The van der Waals surface area contributed by atoms with E-state index in [0.717, 1.165) is 0 Å². The van der Waals surface area contributed by atoms with Crippen molar-refractivity contribution in [3.63, 3.8) is 0 Å². The highest BCUT2D eigenvalue weighted by molar-refractivity contribution is 9.10. The van der Waals surface area contributed by atoms with E-state index in [1.165, 1.54) is 16.9 Å². The van der Waals surface area contributed by atoms with Gasteiger partial charge < -0.3 is 9.84 Å². The number of carbonyl (C=O) groups is 1. The fourth-order valence-electron chi connectivity index (χ4n) is 2.87. The maximum Gasteiger partial charge on any atom is 0.279 e. The predicted octanol–water partition coefficient (Wildman–Crippen LogP) is 4.28. The molecule has 3 aromatic heterocycles. The Labute approximate surface area is 183 Å². The summed E-state index contributed by atoms with van der Waals surface area (Å²) in [5, 5.41) is 15.5. The number of hydrogen-bond donors (Lipinski definition) is 1. The number of anilines is 1. The molecular formula is C19H15BrClFN6O2. The molecule has 4 rings (SSSR count). The van der Waals surface area contributed by atoms with Gasteiger partial charge in [-0.25, -0.2) is 4.39 Å². The van der Waals surface area contributed by atoms with Crippen LogP contribution in [0.25, 0.3) is 0 Å². The molecular weight excluding hydrogens is 479 g/mol. The Hall–Kier alpha value is -2.98. The van der Waals surface area contributed by atoms with Crippen LogP contribution < -0.4 is 5.32 Å². The molecule has 0 saturated carbocycles. The molecule has 11 heteroatoms. The van der Waals surface area contributed by atoms with E-state index in [1.807, 2.05) is 0 Å². The Kier molecular flexibility index (Phi) is 5.69. The van der Waals surface area contributed by atoms with Gasteiger partial charge in [0.05, 0.1) is 28.8 Å². The van der Waals surface area contributed by atoms with Crippen LogP contribution >= 0.6 is 27.5 Å². The summed E-state index contributed by atoms with van der Waals surface area (Å²) in [6, 6.07) is 6.44. The van der Waals surface area contributed by atoms with E-state index in [-0.39, 0.29) is 30.4 Å². The van der Waals surface area contributed by atoms with E-state index in [0.29, 0.717) is 26.4 Å². The molecule has 8 nitrogen and oxygen atoms in total. The summed E-state index contributed by atoms with van der Waals surface area (Å²) >= 11 is 9.26. The van der Waals surface area contributed by atoms with Gasteiger partial charge in [0.1, 0.15) is 11.6 Å². The SMILES string of the molecule is Cc1onc(C(=O)Nc2nn(Cc3ccccc3F)cc2Br)c1Cn1cc(Cl)cn1. The lowest BCUT2D eigenvalue weighted by Gasteiger charge is -2.04. The first kappa shape index (κ1) is 20.3. The highest BCUT2D eigenvalue weighted by Gasteiger charge is 2.22. The second kappa shape index (κ2) is 8.41. The van der Waals surface area contributed by atoms with Crippen LogP contribution in [0, 0.1) is 12.7 Å². The quantitative estimate of drug-likeness (QED) is 0.433. The fraction of sp³-hybridized carbons (Fsp3) is 0.158. The summed E-state index contributed by atoms with van der Waals surface area (Å²) in [6.45, 7) is 2.20. The molecule has 3 heterocycles. The van der Waals surface area contributed by atoms with E-state index in [2.05, 4.69) is 36.6 Å². The van der Waals surface area contributed by atoms with Crippen LogP contribution in [-0.2, 0) is 13.1 Å². The zero-order valence-electron chi connectivity index (χ0n) is 15.6. The maximum absolute atomic E-state index is 13.9. The van der Waals surface area contributed by atoms with Gasteiger partial charge >= 0.3 is 0 Å². The lowest BCUT2D eigenvalue weighted by molar-refractivity contribution is 0.101. The lowest BCUT2D eigenvalue weighted by Crippen LogP contribution is -2.17. The van der Waals surface area contributed by atoms with Gasteiger partial charge in [-0.15, -0.1) is 0 Å². The molecule has 0 saturated heterocycles. The molecule has 0 bridgehead atoms. The smallest absolute Gasteiger partial charge is 0.279 e. The molecule has 1 N–H and O–H groups in total. The molecule has 0 radical (unpaired) electrons. The number of aryl methyl sites for hydroxylation is 1. The van der Waals surface area contributed by atoms with Gasteiger partial charge in [0, 0.05) is 23.5 Å². The first-order valence-corrected chi connectivity index (χ1v) is 9.98. The fourth-order valence-corrected chi connectivity index (χ4v) is 3.44. The number of halogens is 3. The van der Waals surface area contributed by atoms with E-state index in [1.54, 1.807) is 42.2 Å². The van der Waals surface area contributed by atoms with Crippen molar-refractivity contribution < 1.29 is 13.7 Å². The van der Waals surface area contributed by atoms with Gasteiger partial charge in [-0.3, -0.25) is 14.2 Å². The molecule has 0 spiro atoms. The Bertz CT molecular complexity index is 1220. The van der Waals surface area contributed by atoms with Crippen molar-refractivity contribution in [1.82, 2.24) is 24.7 Å². The summed E-state index contributed by atoms with van der Waals surface area (Å²) in [5.41, 5.74) is 1.18. The standard InChI is InChI=1S/C19H15BrClFN6O2/c1-11-14(9-27-8-13(21)6-23-27)17(26-30-11)19(29)24-18-15(20)10-28(25-18)7-12-4-2-3-5-16(12)22/h2-6,8,10H,7,9H2,1H3,(H,24,25,29). The Morgan fingerprint density at radius 1 is 1.27 bits per heavy atom. The largest absolute Gasteiger partial charge is 0.361 e. The summed E-state index contributed by atoms with van der Waals surface area (Å²) in [5.74, 6) is -0.0333. The minimum atomic E-state index is -0.489. The van der Waals surface area contributed by atoms with Crippen LogP contribution in [0.5, 0.6) is 0 Å². The minimum Gasteiger partial charge on any atom is -0.361 e. The maximum atomic E-state index is 13.9. The first-order valence-electron chi connectivity index (χ1n) is 8.81. The number of amides is 1. The van der Waals surface area contributed by atoms with Crippen molar-refractivity contribution in [2.75, 3.05) is 5.32 Å². The average Bonchev–Trinajstić information content (AvgIpc) is 3.38. The topological polar surface area (TPSA) is 90.8 Å². The summed E-state index contributed by atoms with van der Waals surface area (Å²) < 4.78 is 22.7. The predicted molar refractivity (Wildman–Crippen MR) is 111 cm³/mol. The second-order valence-electron chi connectivity index (χ2n) is 6.49. The van der Waals surface area contributed by atoms with E-state index < -0.39 is 5.91 Å². The molecule has 0 atom stereocenters. The summed E-state index contributed by atoms with van der Waals surface area (Å²) in [4.78, 5) is 12.8. The normalized spacial score (nSPS) is 11.1. The Morgan fingerprint density at radius 3 is 2.80 bits per heavy atom. The van der Waals surface area contributed by atoms with Gasteiger partial charge in [0.15, 0.2) is 11.5 Å². The monoisotopic (exact) mass is 492 g/mol. The molecule has 1 amide bonds. The third kappa shape index (κ3) is 4.29. The minimum absolute atomic E-state index is 0.120. The highest BCUT2D eigenvalue weighted by Crippen LogP contribution is 2.23. The van der Waals surface area contributed by atoms with Gasteiger partial charge in [0.25, 0.3) is 5.91 Å². The van der Waals surface area contributed by atoms with Crippen LogP contribution in [0.15, 0.2) is 51.9 Å². The number of benzene rings is 1. The third-order valence-corrected chi connectivity index (χ3v) is 5.14. The van der Waals surface area contributed by atoms with Gasteiger partial charge in [-0.2, -0.15) is 10.2 Å². The number of carbonyl (C=O) groups excluding carboxylic acids is 1. The molecule has 1 aromatic carbocycles. The van der Waals surface area contributed by atoms with E-state index in [4.69, 9.17) is 16.1 Å². The van der Waals surface area contributed by atoms with Gasteiger partial charge in [-0.05, 0) is 28.9 Å². The molecule has 0 aliphatic heterocycles. The number of hydrogen-bond acceptors (Lipinski definition) is 5. The molecule has 0 aliphatic carbocycles. The first-order chi connectivity index (χ1) is 14.4. The highest BCUT2D eigenvalue weighted by atomic mass is 79.9. The van der Waals surface area contributed by atoms with Crippen LogP contribution in [-0.4, -0.2) is 30.6 Å². The van der Waals surface area contributed by atoms with Crippen molar-refractivity contribution in [2.45, 2.75) is 20.0 Å². The van der Waals surface area contributed by atoms with Crippen molar-refractivity contribution in [3.05, 3.63) is 80.7 Å². The van der Waals surface area contributed by atoms with Gasteiger partial charge in [-0.1, -0.05) is 35.0 Å². The van der Waals surface area contributed by atoms with Crippen LogP contribution in [0.3, 0.4) is 0 Å². The number of rotatable bonds is 6. The zero-order valence-corrected chi connectivity index (χ0v) is 18.0. The van der Waals surface area contributed by atoms with Crippen molar-refractivity contribution >= 4 is 39.3 Å². The molecule has 0 unspecified atom stereocenters. The van der Waals surface area contributed by atoms with Crippen molar-refractivity contribution in [2.24, 2.45) is 0 Å². The molecule has 154 valence electrons. The van der Waals surface area contributed by atoms with Crippen molar-refractivity contribution in [3.8, 4) is 0 Å². The summed E-state index contributed by atoms with van der Waals surface area (Å²) in [6.07, 6.45) is 4.79. The van der Waals surface area contributed by atoms with E-state index in [9.17, 15) is 9.18 Å². The van der Waals surface area contributed by atoms with Gasteiger partial charge in [0.2, 0.25) is 0 Å². The average molecular weight is 494 g/mol. The third-order valence-electron chi connectivity index (χ3n) is 4.36. The van der Waals surface area contributed by atoms with Crippen molar-refractivity contribution in [1.29, 1.82) is 0 Å². The van der Waals surface area contributed by atoms with Crippen LogP contribution in [0.2, 0.25) is 5.02 Å². The molecule has 30 heavy (non-hydrogen) atoms. The van der Waals surface area contributed by atoms with Crippen LogP contribution in [0.4, 0.5) is 10.2 Å². The molecule has 0 fully saturated rings. The summed E-state index contributed by atoms with van der Waals surface area (Å²) in [7, 11) is 0. The number of nitrogens with zero attached hydrogens (tertiary/aromatic N) is 5.